The van der Waals surface area contributed by atoms with Gasteiger partial charge in [-0.1, -0.05) is 24.8 Å². The van der Waals surface area contributed by atoms with E-state index in [0.717, 1.165) is 11.1 Å². The van der Waals surface area contributed by atoms with Crippen molar-refractivity contribution < 1.29 is 8.42 Å². The average molecular weight is 262 g/mol. The molecule has 1 aromatic rings. The fourth-order valence-corrected chi connectivity index (χ4v) is 2.97. The van der Waals surface area contributed by atoms with Crippen LogP contribution in [0.5, 0.6) is 0 Å². The Morgan fingerprint density at radius 2 is 1.89 bits per heavy atom. The van der Waals surface area contributed by atoms with Crippen LogP contribution in [0.3, 0.4) is 0 Å². The molecule has 0 N–H and O–H groups in total. The number of aryl methyl sites for hydroxylation is 2. The van der Waals surface area contributed by atoms with Crippen LogP contribution in [-0.2, 0) is 9.84 Å². The van der Waals surface area contributed by atoms with Gasteiger partial charge in [-0.3, -0.25) is 0 Å². The lowest BCUT2D eigenvalue weighted by Crippen LogP contribution is -2.04. The van der Waals surface area contributed by atoms with Gasteiger partial charge in [-0.25, -0.2) is 8.42 Å². The molecule has 3 heteroatoms. The SMILES string of the molecule is C=C/C=C(\C=C/C)S(=O)(=O)c1ccc(C)c(C)c1. The van der Waals surface area contributed by atoms with Gasteiger partial charge < -0.3 is 0 Å². The summed E-state index contributed by atoms with van der Waals surface area (Å²) in [5, 5.41) is 0. The Hall–Kier alpha value is -1.61. The molecule has 0 heterocycles. The summed E-state index contributed by atoms with van der Waals surface area (Å²) in [4.78, 5) is 0.569. The highest BCUT2D eigenvalue weighted by molar-refractivity contribution is 7.95. The summed E-state index contributed by atoms with van der Waals surface area (Å²) in [5.41, 5.74) is 2.05. The van der Waals surface area contributed by atoms with Crippen molar-refractivity contribution in [1.29, 1.82) is 0 Å². The predicted octanol–water partition coefficient (Wildman–Crippen LogP) is 3.72. The van der Waals surface area contributed by atoms with Crippen molar-refractivity contribution in [1.82, 2.24) is 0 Å². The molecule has 0 spiro atoms. The summed E-state index contributed by atoms with van der Waals surface area (Å²) in [6.07, 6.45) is 6.26. The first-order chi connectivity index (χ1) is 8.43. The Morgan fingerprint density at radius 1 is 1.22 bits per heavy atom. The Labute approximate surface area is 109 Å². The third kappa shape index (κ3) is 2.99. The van der Waals surface area contributed by atoms with Crippen LogP contribution in [0.15, 0.2) is 58.9 Å². The lowest BCUT2D eigenvalue weighted by molar-refractivity contribution is 0.603. The number of allylic oxidation sites excluding steroid dienone is 4. The highest BCUT2D eigenvalue weighted by atomic mass is 32.2. The molecule has 0 atom stereocenters. The smallest absolute Gasteiger partial charge is 0.206 e. The second kappa shape index (κ2) is 5.83. The van der Waals surface area contributed by atoms with Crippen molar-refractivity contribution in [3.05, 3.63) is 65.1 Å². The highest BCUT2D eigenvalue weighted by Crippen LogP contribution is 2.22. The third-order valence-corrected chi connectivity index (χ3v) is 4.48. The summed E-state index contributed by atoms with van der Waals surface area (Å²) in [5.74, 6) is 0. The molecular formula is C15H18O2S. The quantitative estimate of drug-likeness (QED) is 0.775. The third-order valence-electron chi connectivity index (χ3n) is 2.71. The van der Waals surface area contributed by atoms with E-state index in [1.807, 2.05) is 19.9 Å². The summed E-state index contributed by atoms with van der Waals surface area (Å²) < 4.78 is 24.8. The van der Waals surface area contributed by atoms with E-state index in [9.17, 15) is 8.42 Å². The molecule has 0 fully saturated rings. The minimum absolute atomic E-state index is 0.253. The normalized spacial score (nSPS) is 12.9. The molecule has 0 aliphatic rings. The summed E-state index contributed by atoms with van der Waals surface area (Å²) in [6.45, 7) is 9.19. The molecule has 0 saturated heterocycles. The summed E-state index contributed by atoms with van der Waals surface area (Å²) >= 11 is 0. The zero-order chi connectivity index (χ0) is 13.8. The summed E-state index contributed by atoms with van der Waals surface area (Å²) in [7, 11) is -3.46. The van der Waals surface area contributed by atoms with E-state index in [0.29, 0.717) is 4.90 Å². The van der Waals surface area contributed by atoms with Gasteiger partial charge in [0.15, 0.2) is 0 Å². The van der Waals surface area contributed by atoms with Crippen LogP contribution in [0.4, 0.5) is 0 Å². The molecule has 18 heavy (non-hydrogen) atoms. The van der Waals surface area contributed by atoms with Gasteiger partial charge in [-0.15, -0.1) is 0 Å². The Kier molecular flexibility index (Phi) is 4.68. The van der Waals surface area contributed by atoms with Crippen LogP contribution in [0.1, 0.15) is 18.1 Å². The van der Waals surface area contributed by atoms with E-state index in [1.54, 1.807) is 31.2 Å². The van der Waals surface area contributed by atoms with Crippen LogP contribution >= 0.6 is 0 Å². The van der Waals surface area contributed by atoms with E-state index >= 15 is 0 Å². The lowest BCUT2D eigenvalue weighted by Gasteiger charge is -2.07. The van der Waals surface area contributed by atoms with Crippen molar-refractivity contribution in [2.24, 2.45) is 0 Å². The molecule has 0 aromatic heterocycles. The molecule has 0 bridgehead atoms. The van der Waals surface area contributed by atoms with E-state index in [4.69, 9.17) is 0 Å². The van der Waals surface area contributed by atoms with E-state index in [-0.39, 0.29) is 4.91 Å². The Bertz CT molecular complexity index is 605. The zero-order valence-corrected chi connectivity index (χ0v) is 11.8. The molecule has 0 saturated carbocycles. The Balaban J connectivity index is 3.40. The van der Waals surface area contributed by atoms with Gasteiger partial charge in [0.2, 0.25) is 9.84 Å². The van der Waals surface area contributed by atoms with E-state index < -0.39 is 9.84 Å². The minimum atomic E-state index is -3.46. The molecule has 1 rings (SSSR count). The molecule has 0 unspecified atom stereocenters. The lowest BCUT2D eigenvalue weighted by atomic mass is 10.1. The van der Waals surface area contributed by atoms with Crippen LogP contribution < -0.4 is 0 Å². The van der Waals surface area contributed by atoms with Gasteiger partial charge in [-0.05, 0) is 56.2 Å². The maximum atomic E-state index is 12.4. The number of benzene rings is 1. The van der Waals surface area contributed by atoms with E-state index in [1.165, 1.54) is 12.2 Å². The first kappa shape index (κ1) is 14.5. The van der Waals surface area contributed by atoms with Crippen LogP contribution in [0.25, 0.3) is 0 Å². The predicted molar refractivity (Wildman–Crippen MR) is 76.2 cm³/mol. The molecule has 0 amide bonds. The number of hydrogen-bond acceptors (Lipinski definition) is 2. The van der Waals surface area contributed by atoms with Crippen molar-refractivity contribution in [2.75, 3.05) is 0 Å². The average Bonchev–Trinajstić information content (AvgIpc) is 2.32. The Morgan fingerprint density at radius 3 is 2.39 bits per heavy atom. The molecular weight excluding hydrogens is 244 g/mol. The minimum Gasteiger partial charge on any atom is -0.219 e. The van der Waals surface area contributed by atoms with Crippen LogP contribution in [-0.4, -0.2) is 8.42 Å². The largest absolute Gasteiger partial charge is 0.219 e. The number of sulfone groups is 1. The fraction of sp³-hybridized carbons (Fsp3) is 0.200. The fourth-order valence-electron chi connectivity index (χ4n) is 1.53. The molecule has 96 valence electrons. The first-order valence-electron chi connectivity index (χ1n) is 5.71. The van der Waals surface area contributed by atoms with Crippen LogP contribution in [0.2, 0.25) is 0 Å². The molecule has 0 aliphatic carbocycles. The standard InChI is InChI=1S/C15H18O2S/c1-5-7-14(8-6-2)18(16,17)15-10-9-12(3)13(4)11-15/h5-11H,1H2,2-4H3/b8-6-,14-7+. The maximum absolute atomic E-state index is 12.4. The number of rotatable bonds is 4. The molecule has 1 aromatic carbocycles. The molecule has 0 radical (unpaired) electrons. The summed E-state index contributed by atoms with van der Waals surface area (Å²) in [6, 6.07) is 5.16. The van der Waals surface area contributed by atoms with Crippen molar-refractivity contribution in [3.63, 3.8) is 0 Å². The van der Waals surface area contributed by atoms with Gasteiger partial charge in [0.05, 0.1) is 9.80 Å². The monoisotopic (exact) mass is 262 g/mol. The second-order valence-corrected chi connectivity index (χ2v) is 6.00. The maximum Gasteiger partial charge on any atom is 0.206 e. The van der Waals surface area contributed by atoms with Gasteiger partial charge in [0, 0.05) is 0 Å². The second-order valence-electron chi connectivity index (χ2n) is 4.05. The van der Waals surface area contributed by atoms with Crippen LogP contribution in [0, 0.1) is 13.8 Å². The highest BCUT2D eigenvalue weighted by Gasteiger charge is 2.18. The molecule has 2 nitrogen and oxygen atoms in total. The van der Waals surface area contributed by atoms with Crippen molar-refractivity contribution in [3.8, 4) is 0 Å². The zero-order valence-electron chi connectivity index (χ0n) is 11.0. The van der Waals surface area contributed by atoms with Gasteiger partial charge in [0.25, 0.3) is 0 Å². The van der Waals surface area contributed by atoms with Gasteiger partial charge in [-0.2, -0.15) is 0 Å². The van der Waals surface area contributed by atoms with Gasteiger partial charge >= 0.3 is 0 Å². The molecule has 0 aliphatic heterocycles. The topological polar surface area (TPSA) is 34.1 Å². The first-order valence-corrected chi connectivity index (χ1v) is 7.19. The number of hydrogen-bond donors (Lipinski definition) is 0. The van der Waals surface area contributed by atoms with Crippen molar-refractivity contribution in [2.45, 2.75) is 25.7 Å². The van der Waals surface area contributed by atoms with E-state index in [2.05, 4.69) is 6.58 Å². The van der Waals surface area contributed by atoms with Gasteiger partial charge in [0.1, 0.15) is 0 Å². The van der Waals surface area contributed by atoms with Crippen molar-refractivity contribution >= 4 is 9.84 Å².